The van der Waals surface area contributed by atoms with Crippen molar-refractivity contribution in [1.29, 1.82) is 0 Å². The van der Waals surface area contributed by atoms with E-state index < -0.39 is 12.5 Å². The molecule has 3 heterocycles. The topological polar surface area (TPSA) is 139 Å². The summed E-state index contributed by atoms with van der Waals surface area (Å²) in [5, 5.41) is 31.6. The Morgan fingerprint density at radius 1 is 1.33 bits per heavy atom. The molecule has 1 aromatic heterocycles. The van der Waals surface area contributed by atoms with Gasteiger partial charge in [0.05, 0.1) is 19.1 Å². The number of aryl methyl sites for hydroxylation is 1. The number of aromatic nitrogens is 2. The number of amides is 1. The van der Waals surface area contributed by atoms with Crippen LogP contribution in [0.25, 0.3) is 0 Å². The highest BCUT2D eigenvalue weighted by Crippen LogP contribution is 2.34. The van der Waals surface area contributed by atoms with E-state index in [9.17, 15) is 24.7 Å². The van der Waals surface area contributed by atoms with E-state index in [1.807, 2.05) is 0 Å². The standard InChI is InChI=1S/C17H19BN3O6/c22-16(15-19-5-6-20-15)21-8-11(9-21)27-13-2-1-10-3-4-18(25,26)7-12(10)14(13)17(23)24/h1-2,5-6,11,25-26H,3-4,7-9H2,(H,19,20)(H,23,24)/q-1/p-1. The van der Waals surface area contributed by atoms with Crippen molar-refractivity contribution in [2.45, 2.75) is 25.2 Å². The number of imidazole rings is 1. The van der Waals surface area contributed by atoms with Crippen LogP contribution in [0.3, 0.4) is 0 Å². The molecule has 2 aliphatic heterocycles. The first-order valence-corrected chi connectivity index (χ1v) is 8.78. The van der Waals surface area contributed by atoms with Crippen LogP contribution in [0.15, 0.2) is 24.5 Å². The van der Waals surface area contributed by atoms with Crippen LogP contribution in [0.1, 0.15) is 32.1 Å². The Balaban J connectivity index is 1.50. The predicted molar refractivity (Wildman–Crippen MR) is 92.1 cm³/mol. The Morgan fingerprint density at radius 2 is 2.11 bits per heavy atom. The Labute approximate surface area is 154 Å². The summed E-state index contributed by atoms with van der Waals surface area (Å²) in [4.78, 5) is 32.0. The van der Waals surface area contributed by atoms with Crippen molar-refractivity contribution >= 4 is 18.4 Å². The average Bonchev–Trinajstić information content (AvgIpc) is 3.10. The minimum absolute atomic E-state index is 0.123. The molecule has 0 aliphatic carbocycles. The van der Waals surface area contributed by atoms with E-state index in [0.717, 1.165) is 5.56 Å². The van der Waals surface area contributed by atoms with Crippen molar-refractivity contribution in [3.63, 3.8) is 0 Å². The minimum Gasteiger partial charge on any atom is -0.583 e. The van der Waals surface area contributed by atoms with Crippen LogP contribution in [0, 0.1) is 0 Å². The number of carbonyl (C=O) groups excluding carboxylic acids is 2. The first-order chi connectivity index (χ1) is 12.8. The number of benzene rings is 1. The molecule has 1 aromatic carbocycles. The van der Waals surface area contributed by atoms with E-state index in [0.29, 0.717) is 25.1 Å². The monoisotopic (exact) mass is 371 g/mol. The average molecular weight is 371 g/mol. The normalized spacial score (nSPS) is 18.5. The summed E-state index contributed by atoms with van der Waals surface area (Å²) in [5.74, 6) is -1.31. The second kappa shape index (κ2) is 6.40. The van der Waals surface area contributed by atoms with E-state index in [1.54, 1.807) is 18.3 Å². The maximum Gasteiger partial charge on any atom is 0.289 e. The molecule has 0 radical (unpaired) electrons. The maximum atomic E-state index is 12.1. The molecule has 9 nitrogen and oxygen atoms in total. The number of likely N-dealkylation sites (tertiary alicyclic amines) is 1. The molecule has 142 valence electrons. The van der Waals surface area contributed by atoms with E-state index in [1.165, 1.54) is 11.1 Å². The summed E-state index contributed by atoms with van der Waals surface area (Å²) in [6.45, 7) is -2.01. The zero-order valence-corrected chi connectivity index (χ0v) is 14.4. The SMILES string of the molecule is O=C([O-])c1c(OC2CN(C(=O)c3ncc[nH]3)C2)ccc2c1C[B-](O)(O)CC2. The van der Waals surface area contributed by atoms with E-state index >= 15 is 0 Å². The fourth-order valence-electron chi connectivity index (χ4n) is 3.66. The van der Waals surface area contributed by atoms with Gasteiger partial charge in [-0.25, -0.2) is 4.98 Å². The third kappa shape index (κ3) is 3.29. The van der Waals surface area contributed by atoms with Gasteiger partial charge in [-0.3, -0.25) is 4.79 Å². The van der Waals surface area contributed by atoms with Gasteiger partial charge in [0.2, 0.25) is 6.55 Å². The molecule has 0 spiro atoms. The van der Waals surface area contributed by atoms with Gasteiger partial charge in [0.25, 0.3) is 5.91 Å². The third-order valence-electron chi connectivity index (χ3n) is 5.11. The van der Waals surface area contributed by atoms with Gasteiger partial charge in [-0.15, -0.1) is 12.6 Å². The number of hydrogen-bond donors (Lipinski definition) is 3. The third-order valence-corrected chi connectivity index (χ3v) is 5.11. The fraction of sp³-hybridized carbons (Fsp3) is 0.353. The number of nitrogens with zero attached hydrogens (tertiary/aromatic N) is 2. The Hall–Kier alpha value is -2.85. The molecule has 0 unspecified atom stereocenters. The molecule has 27 heavy (non-hydrogen) atoms. The maximum absolute atomic E-state index is 12.1. The molecular weight excluding hydrogens is 353 g/mol. The number of aromatic carboxylic acids is 1. The summed E-state index contributed by atoms with van der Waals surface area (Å²) in [5.41, 5.74) is 0.967. The number of nitrogens with one attached hydrogen (secondary N) is 1. The van der Waals surface area contributed by atoms with Crippen LogP contribution < -0.4 is 9.84 Å². The quantitative estimate of drug-likeness (QED) is 0.570. The summed E-state index contributed by atoms with van der Waals surface area (Å²) in [6.07, 6.45) is 3.14. The molecule has 0 atom stereocenters. The first-order valence-electron chi connectivity index (χ1n) is 8.78. The van der Waals surface area contributed by atoms with Crippen molar-refractivity contribution in [3.8, 4) is 5.75 Å². The van der Waals surface area contributed by atoms with E-state index in [2.05, 4.69) is 9.97 Å². The zero-order valence-electron chi connectivity index (χ0n) is 14.4. The lowest BCUT2D eigenvalue weighted by Gasteiger charge is -2.40. The van der Waals surface area contributed by atoms with E-state index in [-0.39, 0.29) is 41.8 Å². The predicted octanol–water partition coefficient (Wildman–Crippen LogP) is -1.26. The van der Waals surface area contributed by atoms with E-state index in [4.69, 9.17) is 4.74 Å². The lowest BCUT2D eigenvalue weighted by atomic mass is 9.47. The molecule has 2 aromatic rings. The number of hydrogen-bond acceptors (Lipinski definition) is 7. The van der Waals surface area contributed by atoms with Crippen LogP contribution in [0.5, 0.6) is 5.75 Å². The number of carboxylic acids is 1. The number of rotatable bonds is 4. The number of carboxylic acid groups (broad SMARTS) is 1. The number of fused-ring (bicyclic) bond motifs is 1. The number of aromatic amines is 1. The largest absolute Gasteiger partial charge is 0.583 e. The summed E-state index contributed by atoms with van der Waals surface area (Å²) in [7, 11) is 0. The lowest BCUT2D eigenvalue weighted by Crippen LogP contribution is -2.56. The van der Waals surface area contributed by atoms with Gasteiger partial charge < -0.3 is 34.6 Å². The van der Waals surface area contributed by atoms with Crippen molar-refractivity contribution in [2.24, 2.45) is 0 Å². The Morgan fingerprint density at radius 3 is 2.78 bits per heavy atom. The van der Waals surface area contributed by atoms with Crippen molar-refractivity contribution in [3.05, 3.63) is 47.0 Å². The molecular formula is C17H18BN3O6-2. The van der Waals surface area contributed by atoms with Crippen molar-refractivity contribution < 1.29 is 29.5 Å². The minimum atomic E-state index is -2.62. The van der Waals surface area contributed by atoms with Crippen LogP contribution in [0.2, 0.25) is 6.32 Å². The Bertz CT molecular complexity index is 892. The molecule has 0 bridgehead atoms. The second-order valence-electron chi connectivity index (χ2n) is 7.13. The lowest BCUT2D eigenvalue weighted by molar-refractivity contribution is -0.255. The smallest absolute Gasteiger partial charge is 0.289 e. The van der Waals surface area contributed by atoms with Crippen LogP contribution in [-0.4, -0.2) is 62.5 Å². The van der Waals surface area contributed by atoms with Gasteiger partial charge in [0, 0.05) is 18.0 Å². The highest BCUT2D eigenvalue weighted by molar-refractivity contribution is 6.64. The van der Waals surface area contributed by atoms with Gasteiger partial charge in [-0.2, -0.15) is 0 Å². The molecule has 0 saturated carbocycles. The van der Waals surface area contributed by atoms with Gasteiger partial charge in [0.15, 0.2) is 5.82 Å². The molecule has 1 amide bonds. The molecule has 1 saturated heterocycles. The Kier molecular flexibility index (Phi) is 4.16. The van der Waals surface area contributed by atoms with Gasteiger partial charge >= 0.3 is 0 Å². The van der Waals surface area contributed by atoms with Gasteiger partial charge in [0.1, 0.15) is 11.9 Å². The second-order valence-corrected chi connectivity index (χ2v) is 7.13. The summed E-state index contributed by atoms with van der Waals surface area (Å²) < 4.78 is 5.77. The number of ether oxygens (including phenoxy) is 1. The van der Waals surface area contributed by atoms with Gasteiger partial charge in [-0.1, -0.05) is 18.1 Å². The summed E-state index contributed by atoms with van der Waals surface area (Å²) in [6, 6.07) is 3.31. The van der Waals surface area contributed by atoms with Crippen molar-refractivity contribution in [2.75, 3.05) is 13.1 Å². The van der Waals surface area contributed by atoms with Crippen LogP contribution in [-0.2, 0) is 12.7 Å². The number of H-pyrrole nitrogens is 1. The van der Waals surface area contributed by atoms with Crippen LogP contribution in [0.4, 0.5) is 0 Å². The molecule has 1 fully saturated rings. The highest BCUT2D eigenvalue weighted by atomic mass is 16.5. The van der Waals surface area contributed by atoms with Crippen molar-refractivity contribution in [1.82, 2.24) is 14.9 Å². The molecule has 4 rings (SSSR count). The molecule has 10 heteroatoms. The molecule has 2 aliphatic rings. The molecule has 3 N–H and O–H groups in total. The fourth-order valence-corrected chi connectivity index (χ4v) is 3.66. The zero-order chi connectivity index (χ0) is 19.2. The van der Waals surface area contributed by atoms with Gasteiger partial charge in [-0.05, 0) is 11.6 Å². The van der Waals surface area contributed by atoms with Crippen LogP contribution >= 0.6 is 0 Å². The summed E-state index contributed by atoms with van der Waals surface area (Å²) >= 11 is 0. The highest BCUT2D eigenvalue weighted by Gasteiger charge is 2.35. The first kappa shape index (κ1) is 17.6. The number of carbonyl (C=O) groups is 2.